The van der Waals surface area contributed by atoms with E-state index in [0.29, 0.717) is 23.6 Å². The van der Waals surface area contributed by atoms with Crippen LogP contribution in [-0.4, -0.2) is 17.8 Å². The molecule has 0 spiro atoms. The van der Waals surface area contributed by atoms with Gasteiger partial charge in [0.1, 0.15) is 17.9 Å². The fourth-order valence-corrected chi connectivity index (χ4v) is 4.37. The number of aryl methyl sites for hydroxylation is 4. The third-order valence-electron chi connectivity index (χ3n) is 5.80. The highest BCUT2D eigenvalue weighted by Gasteiger charge is 2.37. The summed E-state index contributed by atoms with van der Waals surface area (Å²) in [4.78, 5) is 39.5. The second kappa shape index (κ2) is 9.88. The molecule has 1 fully saturated rings. The minimum atomic E-state index is -0.777. The minimum Gasteiger partial charge on any atom is -0.488 e. The minimum absolute atomic E-state index is 0.155. The Hall–Kier alpha value is -3.71. The lowest BCUT2D eigenvalue weighted by Crippen LogP contribution is -2.54. The summed E-state index contributed by atoms with van der Waals surface area (Å²) in [6.07, 6.45) is 1.46. The molecule has 0 radical (unpaired) electrons. The summed E-state index contributed by atoms with van der Waals surface area (Å²) in [5.74, 6) is -0.933. The molecule has 6 nitrogen and oxygen atoms in total. The average molecular weight is 533 g/mol. The smallest absolute Gasteiger partial charge is 0.335 e. The maximum absolute atomic E-state index is 13.3. The van der Waals surface area contributed by atoms with Gasteiger partial charge < -0.3 is 4.74 Å². The Kier molecular flexibility index (Phi) is 6.89. The van der Waals surface area contributed by atoms with Gasteiger partial charge in [-0.15, -0.1) is 0 Å². The van der Waals surface area contributed by atoms with Gasteiger partial charge in [-0.25, -0.2) is 9.69 Å². The van der Waals surface area contributed by atoms with Crippen molar-refractivity contribution in [1.82, 2.24) is 5.32 Å². The molecule has 1 saturated heterocycles. The Morgan fingerprint density at radius 1 is 0.886 bits per heavy atom. The SMILES string of the molecule is Cc1cc(C)cc(COc2ccc(Br)cc2/C=C2\C(=O)NC(=O)N(c3ccc(C)c(C)c3)C2=O)c1. The van der Waals surface area contributed by atoms with Crippen molar-refractivity contribution in [3.8, 4) is 5.75 Å². The zero-order valence-corrected chi connectivity index (χ0v) is 21.5. The van der Waals surface area contributed by atoms with Crippen molar-refractivity contribution in [2.24, 2.45) is 0 Å². The highest BCUT2D eigenvalue weighted by atomic mass is 79.9. The molecule has 0 bridgehead atoms. The lowest BCUT2D eigenvalue weighted by atomic mass is 10.0. The van der Waals surface area contributed by atoms with Gasteiger partial charge in [0.15, 0.2) is 0 Å². The number of anilines is 1. The van der Waals surface area contributed by atoms with E-state index in [2.05, 4.69) is 39.4 Å². The van der Waals surface area contributed by atoms with E-state index in [1.807, 2.05) is 39.8 Å². The van der Waals surface area contributed by atoms with Gasteiger partial charge in [0.2, 0.25) is 0 Å². The Morgan fingerprint density at radius 3 is 2.29 bits per heavy atom. The molecule has 0 aliphatic carbocycles. The highest BCUT2D eigenvalue weighted by molar-refractivity contribution is 9.10. The normalized spacial score (nSPS) is 14.9. The van der Waals surface area contributed by atoms with Gasteiger partial charge in [-0.05, 0) is 80.8 Å². The van der Waals surface area contributed by atoms with E-state index in [1.165, 1.54) is 6.08 Å². The molecule has 0 saturated carbocycles. The van der Waals surface area contributed by atoms with Crippen LogP contribution in [0.15, 0.2) is 64.6 Å². The zero-order valence-electron chi connectivity index (χ0n) is 19.9. The second-order valence-electron chi connectivity index (χ2n) is 8.69. The standard InChI is InChI=1S/C28H25BrN2O4/c1-16-9-17(2)11-20(10-16)15-35-25-8-6-22(29)13-21(25)14-24-26(32)30-28(34)31(27(24)33)23-7-5-18(3)19(4)12-23/h5-14H,15H2,1-4H3,(H,30,32,34)/b24-14+. The maximum Gasteiger partial charge on any atom is 0.335 e. The predicted octanol–water partition coefficient (Wildman–Crippen LogP) is 5.93. The predicted molar refractivity (Wildman–Crippen MR) is 139 cm³/mol. The number of halogens is 1. The zero-order chi connectivity index (χ0) is 25.3. The molecule has 1 heterocycles. The number of imide groups is 2. The van der Waals surface area contributed by atoms with Crippen molar-refractivity contribution in [1.29, 1.82) is 0 Å². The van der Waals surface area contributed by atoms with Gasteiger partial charge in [0.05, 0.1) is 5.69 Å². The molecule has 0 atom stereocenters. The molecule has 178 valence electrons. The van der Waals surface area contributed by atoms with Crippen LogP contribution in [0, 0.1) is 27.7 Å². The Labute approximate surface area is 212 Å². The number of barbiturate groups is 1. The van der Waals surface area contributed by atoms with Crippen molar-refractivity contribution < 1.29 is 19.1 Å². The van der Waals surface area contributed by atoms with Gasteiger partial charge >= 0.3 is 6.03 Å². The number of rotatable bonds is 5. The fraction of sp³-hybridized carbons (Fsp3) is 0.179. The number of carbonyl (C=O) groups is 3. The second-order valence-corrected chi connectivity index (χ2v) is 9.61. The fourth-order valence-electron chi connectivity index (χ4n) is 3.99. The molecule has 1 N–H and O–H groups in total. The largest absolute Gasteiger partial charge is 0.488 e. The van der Waals surface area contributed by atoms with Gasteiger partial charge in [0, 0.05) is 10.0 Å². The number of nitrogens with zero attached hydrogens (tertiary/aromatic N) is 1. The maximum atomic E-state index is 13.3. The highest BCUT2D eigenvalue weighted by Crippen LogP contribution is 2.29. The topological polar surface area (TPSA) is 75.7 Å². The van der Waals surface area contributed by atoms with Crippen molar-refractivity contribution in [2.75, 3.05) is 4.90 Å². The molecule has 4 amide bonds. The molecule has 3 aromatic rings. The lowest BCUT2D eigenvalue weighted by Gasteiger charge is -2.27. The summed E-state index contributed by atoms with van der Waals surface area (Å²) >= 11 is 3.44. The van der Waals surface area contributed by atoms with E-state index in [4.69, 9.17) is 4.74 Å². The number of nitrogens with one attached hydrogen (secondary N) is 1. The molecule has 35 heavy (non-hydrogen) atoms. The molecular weight excluding hydrogens is 508 g/mol. The van der Waals surface area contributed by atoms with E-state index >= 15 is 0 Å². The van der Waals surface area contributed by atoms with Gasteiger partial charge in [-0.3, -0.25) is 14.9 Å². The quantitative estimate of drug-likeness (QED) is 0.326. The van der Waals surface area contributed by atoms with Crippen LogP contribution in [0.4, 0.5) is 10.5 Å². The van der Waals surface area contributed by atoms with Crippen LogP contribution in [-0.2, 0) is 16.2 Å². The van der Waals surface area contributed by atoms with Crippen LogP contribution in [0.25, 0.3) is 6.08 Å². The van der Waals surface area contributed by atoms with E-state index < -0.39 is 17.8 Å². The van der Waals surface area contributed by atoms with Crippen molar-refractivity contribution in [3.05, 3.63) is 98.0 Å². The molecule has 7 heteroatoms. The van der Waals surface area contributed by atoms with Gasteiger partial charge in [-0.1, -0.05) is 51.3 Å². The number of hydrogen-bond acceptors (Lipinski definition) is 4. The van der Waals surface area contributed by atoms with E-state index in [1.54, 1.807) is 24.3 Å². The first-order chi connectivity index (χ1) is 16.6. The van der Waals surface area contributed by atoms with Crippen LogP contribution >= 0.6 is 15.9 Å². The number of carbonyl (C=O) groups excluding carboxylic acids is 3. The molecule has 0 aromatic heterocycles. The Bertz CT molecular complexity index is 1370. The molecule has 4 rings (SSSR count). The molecule has 0 unspecified atom stereocenters. The van der Waals surface area contributed by atoms with Gasteiger partial charge in [0.25, 0.3) is 11.8 Å². The summed E-state index contributed by atoms with van der Waals surface area (Å²) in [6, 6.07) is 16.0. The number of hydrogen-bond donors (Lipinski definition) is 1. The first kappa shape index (κ1) is 24.4. The van der Waals surface area contributed by atoms with E-state index in [0.717, 1.165) is 37.2 Å². The van der Waals surface area contributed by atoms with Crippen LogP contribution in [0.5, 0.6) is 5.75 Å². The first-order valence-corrected chi connectivity index (χ1v) is 11.9. The third kappa shape index (κ3) is 5.35. The average Bonchev–Trinajstić information content (AvgIpc) is 2.77. The molecule has 1 aliphatic heterocycles. The molecular formula is C28H25BrN2O4. The summed E-state index contributed by atoms with van der Waals surface area (Å²) in [5.41, 5.74) is 6.04. The van der Waals surface area contributed by atoms with Crippen LogP contribution in [0.2, 0.25) is 0 Å². The molecule has 3 aromatic carbocycles. The summed E-state index contributed by atoms with van der Waals surface area (Å²) in [6.45, 7) is 8.23. The lowest BCUT2D eigenvalue weighted by molar-refractivity contribution is -0.122. The summed E-state index contributed by atoms with van der Waals surface area (Å²) in [7, 11) is 0. The first-order valence-electron chi connectivity index (χ1n) is 11.1. The summed E-state index contributed by atoms with van der Waals surface area (Å²) in [5, 5.41) is 2.27. The number of amides is 4. The van der Waals surface area contributed by atoms with Crippen LogP contribution in [0.1, 0.15) is 33.4 Å². The third-order valence-corrected chi connectivity index (χ3v) is 6.29. The number of urea groups is 1. The van der Waals surface area contributed by atoms with Crippen LogP contribution in [0.3, 0.4) is 0 Å². The monoisotopic (exact) mass is 532 g/mol. The van der Waals surface area contributed by atoms with E-state index in [-0.39, 0.29) is 5.57 Å². The van der Waals surface area contributed by atoms with Gasteiger partial charge in [-0.2, -0.15) is 0 Å². The van der Waals surface area contributed by atoms with Crippen molar-refractivity contribution >= 4 is 45.5 Å². The Morgan fingerprint density at radius 2 is 1.60 bits per heavy atom. The summed E-state index contributed by atoms with van der Waals surface area (Å²) < 4.78 is 6.83. The van der Waals surface area contributed by atoms with Crippen LogP contribution < -0.4 is 15.0 Å². The van der Waals surface area contributed by atoms with Crippen molar-refractivity contribution in [3.63, 3.8) is 0 Å². The number of benzene rings is 3. The Balaban J connectivity index is 1.68. The van der Waals surface area contributed by atoms with Crippen molar-refractivity contribution in [2.45, 2.75) is 34.3 Å². The van der Waals surface area contributed by atoms with E-state index in [9.17, 15) is 14.4 Å². The number of ether oxygens (including phenoxy) is 1. The molecule has 1 aliphatic rings.